The van der Waals surface area contributed by atoms with Crippen LogP contribution in [0.3, 0.4) is 0 Å². The Morgan fingerprint density at radius 3 is 1.05 bits per heavy atom. The van der Waals surface area contributed by atoms with Gasteiger partial charge >= 0.3 is 0 Å². The van der Waals surface area contributed by atoms with Gasteiger partial charge in [0.2, 0.25) is 0 Å². The van der Waals surface area contributed by atoms with E-state index in [1.165, 1.54) is 77.9 Å². The van der Waals surface area contributed by atoms with Crippen molar-refractivity contribution in [2.24, 2.45) is 0 Å². The smallest absolute Gasteiger partial charge is 0.0714 e. The predicted octanol–water partition coefficient (Wildman–Crippen LogP) is 16.2. The number of hydrogen-bond acceptors (Lipinski definition) is 1. The molecule has 0 amide bonds. The predicted molar refractivity (Wildman–Crippen MR) is 260 cm³/mol. The second-order valence-corrected chi connectivity index (χ2v) is 16.0. The largest absolute Gasteiger partial charge is 0.310 e. The quantitative estimate of drug-likeness (QED) is 0.141. The molecule has 0 radical (unpaired) electrons. The van der Waals surface area contributed by atoms with Gasteiger partial charge in [0.05, 0.1) is 11.1 Å². The standard InChI is InChI=1S/C61H43N/c1-6-18-44(19-7-1)46-30-32-47(33-31-46)49-36-40-54(41-37-49)62(53-38-34-48(35-39-53)45-20-8-2-9-21-45)60-43-59-57(42-56(60)50-22-10-3-11-23-50)55-28-16-17-29-58(55)61(59,51-24-12-4-13-25-51)52-26-14-5-15-27-52/h1-43H. The number of nitrogens with zero attached hydrogens (tertiary/aromatic N) is 1. The van der Waals surface area contributed by atoms with Crippen LogP contribution in [0.1, 0.15) is 22.3 Å². The van der Waals surface area contributed by atoms with Crippen LogP contribution in [0.25, 0.3) is 55.6 Å². The van der Waals surface area contributed by atoms with Crippen LogP contribution in [0.4, 0.5) is 17.1 Å². The van der Waals surface area contributed by atoms with Gasteiger partial charge in [0.1, 0.15) is 0 Å². The van der Waals surface area contributed by atoms with Crippen molar-refractivity contribution in [2.45, 2.75) is 5.41 Å². The molecule has 0 heterocycles. The van der Waals surface area contributed by atoms with Gasteiger partial charge in [-0.3, -0.25) is 0 Å². The molecule has 1 aliphatic carbocycles. The Morgan fingerprint density at radius 2 is 0.597 bits per heavy atom. The summed E-state index contributed by atoms with van der Waals surface area (Å²) in [5.41, 5.74) is 19.8. The van der Waals surface area contributed by atoms with Crippen molar-refractivity contribution in [1.82, 2.24) is 0 Å². The molecule has 0 bridgehead atoms. The second-order valence-electron chi connectivity index (χ2n) is 16.0. The first kappa shape index (κ1) is 37.0. The second kappa shape index (κ2) is 15.9. The lowest BCUT2D eigenvalue weighted by Gasteiger charge is -2.35. The van der Waals surface area contributed by atoms with Crippen molar-refractivity contribution in [1.29, 1.82) is 0 Å². The molecule has 0 spiro atoms. The van der Waals surface area contributed by atoms with Crippen LogP contribution in [0.15, 0.2) is 261 Å². The van der Waals surface area contributed by atoms with Gasteiger partial charge in [-0.1, -0.05) is 224 Å². The van der Waals surface area contributed by atoms with E-state index in [9.17, 15) is 0 Å². The van der Waals surface area contributed by atoms with E-state index in [-0.39, 0.29) is 0 Å². The van der Waals surface area contributed by atoms with Crippen LogP contribution >= 0.6 is 0 Å². The summed E-state index contributed by atoms with van der Waals surface area (Å²) in [7, 11) is 0. The molecular weight excluding hydrogens is 747 g/mol. The summed E-state index contributed by atoms with van der Waals surface area (Å²) >= 11 is 0. The molecule has 0 atom stereocenters. The van der Waals surface area contributed by atoms with Crippen LogP contribution in [-0.4, -0.2) is 0 Å². The van der Waals surface area contributed by atoms with Gasteiger partial charge < -0.3 is 4.90 Å². The molecule has 0 unspecified atom stereocenters. The molecule has 62 heavy (non-hydrogen) atoms. The monoisotopic (exact) mass is 789 g/mol. The molecule has 11 rings (SSSR count). The lowest BCUT2D eigenvalue weighted by molar-refractivity contribution is 0.768. The summed E-state index contributed by atoms with van der Waals surface area (Å²) in [5.74, 6) is 0. The normalized spacial score (nSPS) is 12.3. The molecule has 1 heteroatoms. The third kappa shape index (κ3) is 6.43. The maximum absolute atomic E-state index is 2.50. The van der Waals surface area contributed by atoms with Gasteiger partial charge in [0.25, 0.3) is 0 Å². The molecule has 0 aliphatic heterocycles. The topological polar surface area (TPSA) is 3.24 Å². The lowest BCUT2D eigenvalue weighted by Crippen LogP contribution is -2.28. The summed E-state index contributed by atoms with van der Waals surface area (Å²) in [6, 6.07) is 95.3. The van der Waals surface area contributed by atoms with E-state index in [1.807, 2.05) is 0 Å². The van der Waals surface area contributed by atoms with Crippen molar-refractivity contribution >= 4 is 17.1 Å². The highest BCUT2D eigenvalue weighted by Crippen LogP contribution is 2.59. The van der Waals surface area contributed by atoms with E-state index in [0.717, 1.165) is 17.1 Å². The summed E-state index contributed by atoms with van der Waals surface area (Å²) < 4.78 is 0. The van der Waals surface area contributed by atoms with E-state index in [0.29, 0.717) is 0 Å². The van der Waals surface area contributed by atoms with Crippen molar-refractivity contribution in [3.8, 4) is 55.6 Å². The molecule has 10 aromatic carbocycles. The van der Waals surface area contributed by atoms with E-state index in [2.05, 4.69) is 266 Å². The van der Waals surface area contributed by atoms with Crippen molar-refractivity contribution in [3.05, 3.63) is 283 Å². The molecular formula is C61H43N. The zero-order valence-corrected chi connectivity index (χ0v) is 34.3. The fourth-order valence-corrected chi connectivity index (χ4v) is 9.66. The molecule has 0 N–H and O–H groups in total. The summed E-state index contributed by atoms with van der Waals surface area (Å²) in [4.78, 5) is 2.46. The van der Waals surface area contributed by atoms with Gasteiger partial charge in [-0.15, -0.1) is 0 Å². The van der Waals surface area contributed by atoms with E-state index in [4.69, 9.17) is 0 Å². The van der Waals surface area contributed by atoms with Gasteiger partial charge in [0.15, 0.2) is 0 Å². The number of fused-ring (bicyclic) bond motifs is 3. The number of rotatable bonds is 9. The van der Waals surface area contributed by atoms with Gasteiger partial charge in [-0.2, -0.15) is 0 Å². The zero-order chi connectivity index (χ0) is 41.3. The van der Waals surface area contributed by atoms with E-state index < -0.39 is 5.41 Å². The maximum Gasteiger partial charge on any atom is 0.0714 e. The van der Waals surface area contributed by atoms with Crippen LogP contribution < -0.4 is 4.90 Å². The first-order chi connectivity index (χ1) is 30.8. The van der Waals surface area contributed by atoms with Crippen LogP contribution in [-0.2, 0) is 5.41 Å². The Bertz CT molecular complexity index is 3060. The minimum Gasteiger partial charge on any atom is -0.310 e. The highest BCUT2D eigenvalue weighted by molar-refractivity contribution is 5.97. The minimum absolute atomic E-state index is 0.545. The lowest BCUT2D eigenvalue weighted by atomic mass is 9.67. The SMILES string of the molecule is c1ccc(-c2ccc(-c3ccc(N(c4ccc(-c5ccccc5)cc4)c4cc5c(cc4-c4ccccc4)-c4ccccc4C5(c4ccccc4)c4ccccc4)cc3)cc2)cc1. The Labute approximate surface area is 364 Å². The van der Waals surface area contributed by atoms with Crippen molar-refractivity contribution < 1.29 is 0 Å². The summed E-state index contributed by atoms with van der Waals surface area (Å²) in [6.07, 6.45) is 0. The molecule has 292 valence electrons. The summed E-state index contributed by atoms with van der Waals surface area (Å²) in [5, 5.41) is 0. The highest BCUT2D eigenvalue weighted by Gasteiger charge is 2.46. The first-order valence-corrected chi connectivity index (χ1v) is 21.4. The third-order valence-electron chi connectivity index (χ3n) is 12.6. The molecule has 10 aromatic rings. The number of anilines is 3. The summed E-state index contributed by atoms with van der Waals surface area (Å²) in [6.45, 7) is 0. The van der Waals surface area contributed by atoms with Crippen LogP contribution in [0, 0.1) is 0 Å². The molecule has 0 saturated heterocycles. The molecule has 0 saturated carbocycles. The Morgan fingerprint density at radius 1 is 0.242 bits per heavy atom. The number of hydrogen-bond donors (Lipinski definition) is 0. The molecule has 1 aliphatic rings. The Kier molecular flexibility index (Phi) is 9.48. The third-order valence-corrected chi connectivity index (χ3v) is 12.6. The van der Waals surface area contributed by atoms with Crippen molar-refractivity contribution in [2.75, 3.05) is 4.90 Å². The number of benzene rings is 10. The Hall–Kier alpha value is -8.00. The van der Waals surface area contributed by atoms with Crippen molar-refractivity contribution in [3.63, 3.8) is 0 Å². The van der Waals surface area contributed by atoms with Gasteiger partial charge in [-0.25, -0.2) is 0 Å². The van der Waals surface area contributed by atoms with E-state index >= 15 is 0 Å². The Balaban J connectivity index is 1.14. The fourth-order valence-electron chi connectivity index (χ4n) is 9.66. The highest BCUT2D eigenvalue weighted by atomic mass is 15.1. The average molecular weight is 790 g/mol. The van der Waals surface area contributed by atoms with Gasteiger partial charge in [-0.05, 0) is 109 Å². The average Bonchev–Trinajstić information content (AvgIpc) is 3.65. The molecule has 0 fully saturated rings. The van der Waals surface area contributed by atoms with E-state index in [1.54, 1.807) is 0 Å². The van der Waals surface area contributed by atoms with Crippen LogP contribution in [0.2, 0.25) is 0 Å². The minimum atomic E-state index is -0.545. The zero-order valence-electron chi connectivity index (χ0n) is 34.3. The molecule has 0 aromatic heterocycles. The van der Waals surface area contributed by atoms with Crippen LogP contribution in [0.5, 0.6) is 0 Å². The van der Waals surface area contributed by atoms with Gasteiger partial charge in [0, 0.05) is 16.9 Å². The fraction of sp³-hybridized carbons (Fsp3) is 0.0164. The maximum atomic E-state index is 2.50. The molecule has 1 nitrogen and oxygen atoms in total. The first-order valence-electron chi connectivity index (χ1n) is 21.4.